The fourth-order valence-electron chi connectivity index (χ4n) is 4.44. The topological polar surface area (TPSA) is 68.8 Å². The summed E-state index contributed by atoms with van der Waals surface area (Å²) in [6.45, 7) is 9.34. The highest BCUT2D eigenvalue weighted by molar-refractivity contribution is 7.80. The second-order valence-corrected chi connectivity index (χ2v) is 9.19. The van der Waals surface area contributed by atoms with Crippen LogP contribution < -0.4 is 25.3 Å². The molecule has 4 rings (SSSR count). The third-order valence-electron chi connectivity index (χ3n) is 6.22. The zero-order valence-corrected chi connectivity index (χ0v) is 20.5. The minimum Gasteiger partial charge on any atom is -0.383 e. The number of nitrogens with zero attached hydrogens (tertiary/aromatic N) is 5. The second kappa shape index (κ2) is 11.5. The maximum absolute atomic E-state index is 5.45. The van der Waals surface area contributed by atoms with Gasteiger partial charge in [-0.25, -0.2) is 0 Å². The molecule has 2 aliphatic heterocycles. The Hall–Kier alpha value is -2.65. The van der Waals surface area contributed by atoms with E-state index in [1.807, 2.05) is 0 Å². The number of benzene rings is 1. The lowest BCUT2D eigenvalue weighted by Crippen LogP contribution is -2.47. The number of piperazine rings is 1. The number of hydrogen-bond donors (Lipinski definition) is 2. The van der Waals surface area contributed by atoms with Crippen LogP contribution >= 0.6 is 12.2 Å². The van der Waals surface area contributed by atoms with Crippen molar-refractivity contribution in [2.24, 2.45) is 5.92 Å². The molecule has 8 nitrogen and oxygen atoms in total. The Morgan fingerprint density at radius 3 is 2.42 bits per heavy atom. The maximum atomic E-state index is 5.45. The molecule has 1 aromatic carbocycles. The van der Waals surface area contributed by atoms with Crippen molar-refractivity contribution in [1.29, 1.82) is 0 Å². The number of nitrogens with one attached hydrogen (secondary N) is 2. The normalized spacial score (nSPS) is 18.8. The molecule has 3 heterocycles. The van der Waals surface area contributed by atoms with Gasteiger partial charge in [0, 0.05) is 64.7 Å². The molecule has 1 atom stereocenters. The fraction of sp³-hybridized carbons (Fsp3) is 0.542. The van der Waals surface area contributed by atoms with E-state index in [0.29, 0.717) is 30.1 Å². The van der Waals surface area contributed by atoms with E-state index in [2.05, 4.69) is 68.7 Å². The van der Waals surface area contributed by atoms with E-state index >= 15 is 0 Å². The van der Waals surface area contributed by atoms with Gasteiger partial charge in [0.05, 0.1) is 6.61 Å². The van der Waals surface area contributed by atoms with Gasteiger partial charge in [0.25, 0.3) is 0 Å². The summed E-state index contributed by atoms with van der Waals surface area (Å²) in [5, 5.41) is 6.84. The number of hydrogen-bond acceptors (Lipinski definition) is 7. The van der Waals surface area contributed by atoms with Crippen molar-refractivity contribution < 1.29 is 4.74 Å². The monoisotopic (exact) mass is 469 g/mol. The molecule has 33 heavy (non-hydrogen) atoms. The van der Waals surface area contributed by atoms with E-state index in [9.17, 15) is 0 Å². The first-order chi connectivity index (χ1) is 16.1. The van der Waals surface area contributed by atoms with Crippen LogP contribution in [-0.4, -0.2) is 74.6 Å². The van der Waals surface area contributed by atoms with Crippen molar-refractivity contribution >= 4 is 40.6 Å². The molecular formula is C24H35N7OS. The van der Waals surface area contributed by atoms with E-state index in [0.717, 1.165) is 50.9 Å². The van der Waals surface area contributed by atoms with Gasteiger partial charge in [0.2, 0.25) is 5.95 Å². The SMILES string of the molecule is COCCNC(=S)Nc1nc(N2CCN(c3ccccc3)CC2)cc(N2CCC[C@H](C)C2)n1. The maximum Gasteiger partial charge on any atom is 0.232 e. The summed E-state index contributed by atoms with van der Waals surface area (Å²) in [5.41, 5.74) is 1.28. The molecule has 0 unspecified atom stereocenters. The molecule has 0 amide bonds. The van der Waals surface area contributed by atoms with Crippen molar-refractivity contribution in [1.82, 2.24) is 15.3 Å². The van der Waals surface area contributed by atoms with Gasteiger partial charge >= 0.3 is 0 Å². The summed E-state index contributed by atoms with van der Waals surface area (Å²) in [4.78, 5) is 16.8. The molecule has 0 radical (unpaired) electrons. The Labute approximate surface area is 202 Å². The number of anilines is 4. The quantitative estimate of drug-likeness (QED) is 0.470. The first kappa shape index (κ1) is 23.5. The van der Waals surface area contributed by atoms with Gasteiger partial charge < -0.3 is 30.1 Å². The molecule has 0 bridgehead atoms. The number of para-hydroxylation sites is 1. The predicted molar refractivity (Wildman–Crippen MR) is 140 cm³/mol. The van der Waals surface area contributed by atoms with Crippen molar-refractivity contribution in [3.8, 4) is 0 Å². The standard InChI is InChI=1S/C24H35N7OS/c1-19-7-6-11-31(18-19)22-17-21(26-23(27-22)28-24(33)25-10-16-32-2)30-14-12-29(13-15-30)20-8-4-3-5-9-20/h3-5,8-9,17,19H,6-7,10-16,18H2,1-2H3,(H2,25,26,27,28,33)/t19-/m0/s1. The Morgan fingerprint density at radius 2 is 1.73 bits per heavy atom. The zero-order chi connectivity index (χ0) is 23.0. The Morgan fingerprint density at radius 1 is 1.03 bits per heavy atom. The van der Waals surface area contributed by atoms with Gasteiger partial charge in [-0.3, -0.25) is 0 Å². The Bertz CT molecular complexity index is 905. The van der Waals surface area contributed by atoms with Crippen molar-refractivity contribution in [3.05, 3.63) is 36.4 Å². The molecule has 0 aliphatic carbocycles. The van der Waals surface area contributed by atoms with E-state index in [1.165, 1.54) is 18.5 Å². The van der Waals surface area contributed by atoms with Gasteiger partial charge in [-0.1, -0.05) is 25.1 Å². The summed E-state index contributed by atoms with van der Waals surface area (Å²) in [7, 11) is 1.67. The third-order valence-corrected chi connectivity index (χ3v) is 6.47. The zero-order valence-electron chi connectivity index (χ0n) is 19.7. The van der Waals surface area contributed by atoms with Gasteiger partial charge in [-0.05, 0) is 43.1 Å². The fourth-order valence-corrected chi connectivity index (χ4v) is 4.64. The molecule has 2 aliphatic rings. The van der Waals surface area contributed by atoms with Gasteiger partial charge in [-0.15, -0.1) is 0 Å². The molecule has 2 N–H and O–H groups in total. The minimum atomic E-state index is 0.510. The van der Waals surface area contributed by atoms with Crippen molar-refractivity contribution in [2.75, 3.05) is 79.5 Å². The van der Waals surface area contributed by atoms with Crippen LogP contribution in [0, 0.1) is 5.92 Å². The van der Waals surface area contributed by atoms with Crippen LogP contribution in [-0.2, 0) is 4.74 Å². The lowest BCUT2D eigenvalue weighted by Gasteiger charge is -2.37. The number of rotatable bonds is 7. The Balaban J connectivity index is 1.49. The summed E-state index contributed by atoms with van der Waals surface area (Å²) < 4.78 is 5.09. The average Bonchev–Trinajstić information content (AvgIpc) is 2.85. The second-order valence-electron chi connectivity index (χ2n) is 8.78. The molecule has 178 valence electrons. The average molecular weight is 470 g/mol. The highest BCUT2D eigenvalue weighted by Crippen LogP contribution is 2.27. The molecule has 0 spiro atoms. The van der Waals surface area contributed by atoms with Crippen molar-refractivity contribution in [2.45, 2.75) is 19.8 Å². The lowest BCUT2D eigenvalue weighted by molar-refractivity contribution is 0.204. The Kier molecular flexibility index (Phi) is 8.17. The summed E-state index contributed by atoms with van der Waals surface area (Å²) in [5.74, 6) is 3.13. The van der Waals surface area contributed by atoms with E-state index < -0.39 is 0 Å². The third kappa shape index (κ3) is 6.45. The molecular weight excluding hydrogens is 434 g/mol. The number of piperidine rings is 1. The van der Waals surface area contributed by atoms with Crippen LogP contribution in [0.15, 0.2) is 36.4 Å². The molecule has 2 aromatic rings. The summed E-state index contributed by atoms with van der Waals surface area (Å²) >= 11 is 5.45. The first-order valence-electron chi connectivity index (χ1n) is 11.8. The smallest absolute Gasteiger partial charge is 0.232 e. The van der Waals surface area contributed by atoms with Gasteiger partial charge in [0.1, 0.15) is 11.6 Å². The summed E-state index contributed by atoms with van der Waals surface area (Å²) in [6, 6.07) is 12.7. The first-order valence-corrected chi connectivity index (χ1v) is 12.3. The minimum absolute atomic E-state index is 0.510. The number of aromatic nitrogens is 2. The van der Waals surface area contributed by atoms with E-state index in [4.69, 9.17) is 26.9 Å². The summed E-state index contributed by atoms with van der Waals surface area (Å²) in [6.07, 6.45) is 2.46. The van der Waals surface area contributed by atoms with Crippen LogP contribution in [0.3, 0.4) is 0 Å². The highest BCUT2D eigenvalue weighted by Gasteiger charge is 2.23. The molecule has 2 fully saturated rings. The largest absolute Gasteiger partial charge is 0.383 e. The van der Waals surface area contributed by atoms with Crippen LogP contribution in [0.2, 0.25) is 0 Å². The molecule has 0 saturated carbocycles. The molecule has 1 aromatic heterocycles. The van der Waals surface area contributed by atoms with Crippen LogP contribution in [0.4, 0.5) is 23.3 Å². The number of methoxy groups -OCH3 is 1. The van der Waals surface area contributed by atoms with E-state index in [1.54, 1.807) is 7.11 Å². The highest BCUT2D eigenvalue weighted by atomic mass is 32.1. The van der Waals surface area contributed by atoms with Crippen LogP contribution in [0.5, 0.6) is 0 Å². The lowest BCUT2D eigenvalue weighted by atomic mass is 10.0. The van der Waals surface area contributed by atoms with Crippen LogP contribution in [0.1, 0.15) is 19.8 Å². The molecule has 2 saturated heterocycles. The number of thiocarbonyl (C=S) groups is 1. The van der Waals surface area contributed by atoms with E-state index in [-0.39, 0.29) is 0 Å². The predicted octanol–water partition coefficient (Wildman–Crippen LogP) is 2.97. The van der Waals surface area contributed by atoms with Gasteiger partial charge in [0.15, 0.2) is 5.11 Å². The van der Waals surface area contributed by atoms with Crippen molar-refractivity contribution in [3.63, 3.8) is 0 Å². The van der Waals surface area contributed by atoms with Crippen LogP contribution in [0.25, 0.3) is 0 Å². The molecule has 9 heteroatoms. The van der Waals surface area contributed by atoms with Gasteiger partial charge in [-0.2, -0.15) is 9.97 Å². The number of ether oxygens (including phenoxy) is 1.